The molecule has 0 saturated carbocycles. The highest BCUT2D eigenvalue weighted by atomic mass is 32.2. The van der Waals surface area contributed by atoms with Crippen molar-refractivity contribution in [2.75, 3.05) is 22.5 Å². The van der Waals surface area contributed by atoms with Crippen molar-refractivity contribution in [1.82, 2.24) is 0 Å². The Morgan fingerprint density at radius 2 is 1.19 bits per heavy atom. The Balaban J connectivity index is 1.34. The zero-order chi connectivity index (χ0) is 30.6. The summed E-state index contributed by atoms with van der Waals surface area (Å²) in [7, 11) is 0. The first-order valence-corrected chi connectivity index (χ1v) is 16.4. The molecule has 0 amide bonds. The molecule has 43 heavy (non-hydrogen) atoms. The fraction of sp³-hybridized carbons (Fsp3) is 0.300. The van der Waals surface area contributed by atoms with Crippen molar-refractivity contribution < 1.29 is 0 Å². The van der Waals surface area contributed by atoms with E-state index in [0.29, 0.717) is 0 Å². The van der Waals surface area contributed by atoms with Gasteiger partial charge in [-0.2, -0.15) is 0 Å². The van der Waals surface area contributed by atoms with Gasteiger partial charge in [0.25, 0.3) is 0 Å². The number of nitrogens with zero attached hydrogens (tertiary/aromatic N) is 1. The molecule has 0 radical (unpaired) electrons. The lowest BCUT2D eigenvalue weighted by Gasteiger charge is -2.30. The summed E-state index contributed by atoms with van der Waals surface area (Å²) in [6.45, 7) is 17.3. The van der Waals surface area contributed by atoms with E-state index in [2.05, 4.69) is 162 Å². The summed E-state index contributed by atoms with van der Waals surface area (Å²) < 4.78 is 0. The lowest BCUT2D eigenvalue weighted by Crippen LogP contribution is -2.20. The minimum absolute atomic E-state index is 0.124. The van der Waals surface area contributed by atoms with Gasteiger partial charge in [0.2, 0.25) is 0 Å². The largest absolute Gasteiger partial charge is 0.356 e. The van der Waals surface area contributed by atoms with E-state index in [0.717, 1.165) is 30.1 Å². The monoisotopic (exact) mass is 586 g/mol. The molecule has 0 aliphatic carbocycles. The van der Waals surface area contributed by atoms with Crippen LogP contribution in [0.5, 0.6) is 0 Å². The maximum atomic E-state index is 3.52. The standard InChI is InChI=1S/C40H46N2S/c1-29-37(39(2,3)4)27-36(28-38(29)40(5,6)7)43-24-14-23-42(34-17-12-9-13-18-34)35-22-20-30-25-33(21-19-31(30)26-35)41-32-15-10-8-11-16-32/h8-13,15-22,25-28,41H,14,23-24H2,1-7H3. The molecule has 0 saturated heterocycles. The number of hydrogen-bond acceptors (Lipinski definition) is 3. The predicted molar refractivity (Wildman–Crippen MR) is 191 cm³/mol. The lowest BCUT2D eigenvalue weighted by molar-refractivity contribution is 0.558. The van der Waals surface area contributed by atoms with E-state index in [4.69, 9.17) is 0 Å². The summed E-state index contributed by atoms with van der Waals surface area (Å²) in [4.78, 5) is 3.85. The van der Waals surface area contributed by atoms with Gasteiger partial charge in [-0.15, -0.1) is 11.8 Å². The Morgan fingerprint density at radius 3 is 1.81 bits per heavy atom. The van der Waals surface area contributed by atoms with Gasteiger partial charge >= 0.3 is 0 Å². The van der Waals surface area contributed by atoms with Gasteiger partial charge in [-0.05, 0) is 118 Å². The highest BCUT2D eigenvalue weighted by Crippen LogP contribution is 2.38. The van der Waals surface area contributed by atoms with Gasteiger partial charge in [-0.3, -0.25) is 0 Å². The molecule has 3 heteroatoms. The number of hydrogen-bond donors (Lipinski definition) is 1. The van der Waals surface area contributed by atoms with Crippen LogP contribution in [0.25, 0.3) is 10.8 Å². The first-order chi connectivity index (χ1) is 20.5. The normalized spacial score (nSPS) is 12.0. The molecule has 0 spiro atoms. The van der Waals surface area contributed by atoms with E-state index in [1.54, 1.807) is 0 Å². The van der Waals surface area contributed by atoms with Crippen molar-refractivity contribution in [3.63, 3.8) is 0 Å². The number of anilines is 4. The van der Waals surface area contributed by atoms with E-state index in [-0.39, 0.29) is 10.8 Å². The van der Waals surface area contributed by atoms with Crippen molar-refractivity contribution in [1.29, 1.82) is 0 Å². The second-order valence-electron chi connectivity index (χ2n) is 13.6. The summed E-state index contributed by atoms with van der Waals surface area (Å²) >= 11 is 1.99. The molecule has 5 aromatic rings. The van der Waals surface area contributed by atoms with Crippen LogP contribution in [0.2, 0.25) is 0 Å². The molecule has 0 heterocycles. The second kappa shape index (κ2) is 12.9. The summed E-state index contributed by atoms with van der Waals surface area (Å²) in [5, 5.41) is 6.00. The van der Waals surface area contributed by atoms with Crippen molar-refractivity contribution in [2.45, 2.75) is 70.6 Å². The topological polar surface area (TPSA) is 15.3 Å². The molecule has 0 aliphatic heterocycles. The molecule has 0 atom stereocenters. The SMILES string of the molecule is Cc1c(C(C)(C)C)cc(SCCCN(c2ccccc2)c2ccc3cc(Nc4ccccc4)ccc3c2)cc1C(C)(C)C. The number of fused-ring (bicyclic) bond motifs is 1. The molecule has 1 N–H and O–H groups in total. The molecule has 0 aromatic heterocycles. The fourth-order valence-corrected chi connectivity index (χ4v) is 6.84. The zero-order valence-corrected chi connectivity index (χ0v) is 27.7. The minimum Gasteiger partial charge on any atom is -0.356 e. The number of rotatable bonds is 9. The third-order valence-electron chi connectivity index (χ3n) is 8.06. The van der Waals surface area contributed by atoms with Crippen molar-refractivity contribution in [3.05, 3.63) is 126 Å². The molecular formula is C40H46N2S. The van der Waals surface area contributed by atoms with E-state index in [9.17, 15) is 0 Å². The summed E-state index contributed by atoms with van der Waals surface area (Å²) in [5.41, 5.74) is 9.28. The third-order valence-corrected chi connectivity index (χ3v) is 9.12. The Labute approximate surface area is 263 Å². The van der Waals surface area contributed by atoms with E-state index >= 15 is 0 Å². The van der Waals surface area contributed by atoms with Crippen molar-refractivity contribution >= 4 is 45.3 Å². The Kier molecular flexibility index (Phi) is 9.22. The molecule has 5 rings (SSSR count). The van der Waals surface area contributed by atoms with Crippen molar-refractivity contribution in [2.24, 2.45) is 0 Å². The molecule has 0 fully saturated rings. The Morgan fingerprint density at radius 1 is 0.605 bits per heavy atom. The maximum Gasteiger partial charge on any atom is 0.0417 e. The lowest BCUT2D eigenvalue weighted by atomic mass is 9.77. The molecule has 5 aromatic carbocycles. The number of para-hydroxylation sites is 2. The van der Waals surface area contributed by atoms with Gasteiger partial charge in [0.15, 0.2) is 0 Å². The summed E-state index contributed by atoms with van der Waals surface area (Å²) in [6, 6.07) is 39.5. The molecule has 222 valence electrons. The van der Waals surface area contributed by atoms with Crippen LogP contribution in [0, 0.1) is 6.92 Å². The summed E-state index contributed by atoms with van der Waals surface area (Å²) in [5.74, 6) is 1.07. The second-order valence-corrected chi connectivity index (χ2v) is 14.7. The zero-order valence-electron chi connectivity index (χ0n) is 26.9. The predicted octanol–water partition coefficient (Wildman–Crippen LogP) is 11.8. The van der Waals surface area contributed by atoms with Crippen LogP contribution < -0.4 is 10.2 Å². The molecule has 2 nitrogen and oxygen atoms in total. The first kappa shape index (κ1) is 30.8. The van der Waals surface area contributed by atoms with Crippen LogP contribution in [0.4, 0.5) is 22.7 Å². The average molecular weight is 587 g/mol. The highest BCUT2D eigenvalue weighted by Gasteiger charge is 2.24. The van der Waals surface area contributed by atoms with Gasteiger partial charge in [0, 0.05) is 34.2 Å². The smallest absolute Gasteiger partial charge is 0.0417 e. The molecule has 0 aliphatic rings. The number of benzene rings is 5. The van der Waals surface area contributed by atoms with E-state index < -0.39 is 0 Å². The molecule has 0 unspecified atom stereocenters. The van der Waals surface area contributed by atoms with Crippen LogP contribution in [-0.2, 0) is 10.8 Å². The minimum atomic E-state index is 0.124. The number of nitrogens with one attached hydrogen (secondary N) is 1. The summed E-state index contributed by atoms with van der Waals surface area (Å²) in [6.07, 6.45) is 1.08. The maximum absolute atomic E-state index is 3.52. The van der Waals surface area contributed by atoms with E-state index in [1.807, 2.05) is 17.8 Å². The average Bonchev–Trinajstić information content (AvgIpc) is 2.97. The molecular weight excluding hydrogens is 541 g/mol. The first-order valence-electron chi connectivity index (χ1n) is 15.5. The van der Waals surface area contributed by atoms with Gasteiger partial charge in [-0.25, -0.2) is 0 Å². The van der Waals surface area contributed by atoms with Gasteiger partial charge in [-0.1, -0.05) is 90.1 Å². The quantitative estimate of drug-likeness (QED) is 0.137. The third kappa shape index (κ3) is 7.64. The molecule has 0 bridgehead atoms. The van der Waals surface area contributed by atoms with Crippen LogP contribution in [0.15, 0.2) is 114 Å². The van der Waals surface area contributed by atoms with Crippen molar-refractivity contribution in [3.8, 4) is 0 Å². The van der Waals surface area contributed by atoms with Crippen LogP contribution in [-0.4, -0.2) is 12.3 Å². The van der Waals surface area contributed by atoms with Crippen LogP contribution in [0.3, 0.4) is 0 Å². The highest BCUT2D eigenvalue weighted by molar-refractivity contribution is 7.99. The fourth-order valence-electron chi connectivity index (χ4n) is 5.92. The van der Waals surface area contributed by atoms with E-state index in [1.165, 1.54) is 43.7 Å². The van der Waals surface area contributed by atoms with Gasteiger partial charge in [0.1, 0.15) is 0 Å². The van der Waals surface area contributed by atoms with Crippen LogP contribution in [0.1, 0.15) is 64.7 Å². The van der Waals surface area contributed by atoms with Gasteiger partial charge in [0.05, 0.1) is 0 Å². The van der Waals surface area contributed by atoms with Crippen LogP contribution >= 0.6 is 11.8 Å². The van der Waals surface area contributed by atoms with Gasteiger partial charge < -0.3 is 10.2 Å². The Hall–Kier alpha value is -3.69. The Bertz CT molecular complexity index is 1630. The number of thioether (sulfide) groups is 1.